The lowest BCUT2D eigenvalue weighted by atomic mass is 10.2. The molecule has 1 N–H and O–H groups in total. The number of nitrogens with zero attached hydrogens (tertiary/aromatic N) is 1. The number of halogens is 3. The van der Waals surface area contributed by atoms with Gasteiger partial charge in [0.1, 0.15) is 5.82 Å². The minimum absolute atomic E-state index is 0.00184. The summed E-state index contributed by atoms with van der Waals surface area (Å²) < 4.78 is 41.6. The van der Waals surface area contributed by atoms with E-state index in [0.29, 0.717) is 0 Å². The van der Waals surface area contributed by atoms with Crippen LogP contribution >= 0.6 is 23.2 Å². The topological polar surface area (TPSA) is 66.5 Å². The van der Waals surface area contributed by atoms with Crippen molar-refractivity contribution in [3.8, 4) is 0 Å². The smallest absolute Gasteiger partial charge is 0.243 e. The summed E-state index contributed by atoms with van der Waals surface area (Å²) in [6.07, 6.45) is 0. The fourth-order valence-electron chi connectivity index (χ4n) is 2.86. The quantitative estimate of drug-likeness (QED) is 0.500. The molecule has 0 aromatic heterocycles. The third-order valence-electron chi connectivity index (χ3n) is 4.51. The summed E-state index contributed by atoms with van der Waals surface area (Å²) in [6.45, 7) is 0.937. The SMILES string of the molecule is Cc1ccc(S(=O)(=O)N(CC(=O)Nc2c(Cl)cccc2Cl)Cc2ccccc2F)cc1. The maximum Gasteiger partial charge on any atom is 0.243 e. The molecule has 31 heavy (non-hydrogen) atoms. The van der Waals surface area contributed by atoms with Crippen molar-refractivity contribution in [2.75, 3.05) is 11.9 Å². The number of benzene rings is 3. The molecule has 3 aromatic carbocycles. The van der Waals surface area contributed by atoms with Crippen LogP contribution in [-0.2, 0) is 21.4 Å². The Kier molecular flexibility index (Phi) is 7.33. The van der Waals surface area contributed by atoms with Crippen molar-refractivity contribution in [1.82, 2.24) is 4.31 Å². The van der Waals surface area contributed by atoms with Crippen LogP contribution in [0.2, 0.25) is 10.0 Å². The van der Waals surface area contributed by atoms with E-state index in [9.17, 15) is 17.6 Å². The van der Waals surface area contributed by atoms with E-state index in [-0.39, 0.29) is 32.7 Å². The van der Waals surface area contributed by atoms with Crippen molar-refractivity contribution in [3.05, 3.63) is 93.7 Å². The Morgan fingerprint density at radius 2 is 1.58 bits per heavy atom. The largest absolute Gasteiger partial charge is 0.322 e. The van der Waals surface area contributed by atoms with Crippen LogP contribution in [0.3, 0.4) is 0 Å². The van der Waals surface area contributed by atoms with E-state index in [1.165, 1.54) is 30.3 Å². The number of carbonyl (C=O) groups excluding carboxylic acids is 1. The number of hydrogen-bond acceptors (Lipinski definition) is 3. The number of sulfonamides is 1. The zero-order valence-corrected chi connectivity index (χ0v) is 18.8. The van der Waals surface area contributed by atoms with Crippen LogP contribution in [0.15, 0.2) is 71.6 Å². The lowest BCUT2D eigenvalue weighted by Crippen LogP contribution is -2.37. The number of rotatable bonds is 7. The van der Waals surface area contributed by atoms with Crippen LogP contribution in [0.4, 0.5) is 10.1 Å². The number of hydrogen-bond donors (Lipinski definition) is 1. The van der Waals surface area contributed by atoms with Crippen LogP contribution in [0, 0.1) is 12.7 Å². The minimum atomic E-state index is -4.10. The molecule has 0 atom stereocenters. The van der Waals surface area contributed by atoms with E-state index >= 15 is 0 Å². The molecule has 162 valence electrons. The predicted octanol–water partition coefficient (Wildman–Crippen LogP) is 5.27. The van der Waals surface area contributed by atoms with Crippen LogP contribution in [0.1, 0.15) is 11.1 Å². The molecule has 0 aliphatic carbocycles. The lowest BCUT2D eigenvalue weighted by molar-refractivity contribution is -0.116. The van der Waals surface area contributed by atoms with Crippen LogP contribution < -0.4 is 5.32 Å². The van der Waals surface area contributed by atoms with Crippen molar-refractivity contribution >= 4 is 44.8 Å². The van der Waals surface area contributed by atoms with Crippen molar-refractivity contribution in [3.63, 3.8) is 0 Å². The van der Waals surface area contributed by atoms with Gasteiger partial charge in [0.05, 0.1) is 27.2 Å². The maximum absolute atomic E-state index is 14.2. The molecule has 3 aromatic rings. The van der Waals surface area contributed by atoms with Crippen molar-refractivity contribution in [2.24, 2.45) is 0 Å². The van der Waals surface area contributed by atoms with Gasteiger partial charge in [0.2, 0.25) is 15.9 Å². The van der Waals surface area contributed by atoms with Gasteiger partial charge >= 0.3 is 0 Å². The summed E-state index contributed by atoms with van der Waals surface area (Å²) >= 11 is 12.2. The first-order valence-electron chi connectivity index (χ1n) is 9.22. The molecule has 0 spiro atoms. The second-order valence-electron chi connectivity index (χ2n) is 6.82. The van der Waals surface area contributed by atoms with Gasteiger partial charge in [-0.2, -0.15) is 4.31 Å². The normalized spacial score (nSPS) is 11.5. The first-order chi connectivity index (χ1) is 14.7. The summed E-state index contributed by atoms with van der Waals surface area (Å²) in [6, 6.07) is 16.7. The standard InChI is InChI=1S/C22H19Cl2FN2O3S/c1-15-9-11-17(12-10-15)31(29,30)27(13-16-5-2-3-8-20(16)25)14-21(28)26-22-18(23)6-4-7-19(22)24/h2-12H,13-14H2,1H3,(H,26,28). The highest BCUT2D eigenvalue weighted by Gasteiger charge is 2.28. The highest BCUT2D eigenvalue weighted by atomic mass is 35.5. The molecule has 0 unspecified atom stereocenters. The Balaban J connectivity index is 1.92. The number of carbonyl (C=O) groups is 1. The molecule has 0 bridgehead atoms. The summed E-state index contributed by atoms with van der Waals surface area (Å²) in [5.41, 5.74) is 1.20. The fourth-order valence-corrected chi connectivity index (χ4v) is 4.72. The average Bonchev–Trinajstić information content (AvgIpc) is 2.72. The molecule has 9 heteroatoms. The molecule has 1 amide bonds. The summed E-state index contributed by atoms with van der Waals surface area (Å²) in [4.78, 5) is 12.7. The van der Waals surface area contributed by atoms with E-state index < -0.39 is 28.3 Å². The van der Waals surface area contributed by atoms with Crippen LogP contribution in [-0.4, -0.2) is 25.2 Å². The summed E-state index contributed by atoms with van der Waals surface area (Å²) in [7, 11) is -4.10. The molecular formula is C22H19Cl2FN2O3S. The first-order valence-corrected chi connectivity index (χ1v) is 11.4. The van der Waals surface area contributed by atoms with E-state index in [4.69, 9.17) is 23.2 Å². The van der Waals surface area contributed by atoms with Gasteiger partial charge in [0, 0.05) is 12.1 Å². The molecule has 5 nitrogen and oxygen atoms in total. The van der Waals surface area contributed by atoms with E-state index in [2.05, 4.69) is 5.32 Å². The second-order valence-corrected chi connectivity index (χ2v) is 9.57. The highest BCUT2D eigenvalue weighted by Crippen LogP contribution is 2.30. The minimum Gasteiger partial charge on any atom is -0.322 e. The van der Waals surface area contributed by atoms with Gasteiger partial charge < -0.3 is 5.32 Å². The Morgan fingerprint density at radius 3 is 2.19 bits per heavy atom. The van der Waals surface area contributed by atoms with Gasteiger partial charge in [-0.25, -0.2) is 12.8 Å². The van der Waals surface area contributed by atoms with E-state index in [0.717, 1.165) is 9.87 Å². The molecule has 0 aliphatic heterocycles. The maximum atomic E-state index is 14.2. The molecule has 0 aliphatic rings. The number of aryl methyl sites for hydroxylation is 1. The van der Waals surface area contributed by atoms with Crippen LogP contribution in [0.25, 0.3) is 0 Å². The van der Waals surface area contributed by atoms with Gasteiger partial charge in [0.15, 0.2) is 0 Å². The number of nitrogens with one attached hydrogen (secondary N) is 1. The van der Waals surface area contributed by atoms with Gasteiger partial charge in [-0.05, 0) is 37.3 Å². The number of amides is 1. The molecule has 0 saturated carbocycles. The van der Waals surface area contributed by atoms with Crippen molar-refractivity contribution in [1.29, 1.82) is 0 Å². The van der Waals surface area contributed by atoms with Gasteiger partial charge in [-0.1, -0.05) is 65.2 Å². The highest BCUT2D eigenvalue weighted by molar-refractivity contribution is 7.89. The Hall–Kier alpha value is -2.45. The third kappa shape index (κ3) is 5.62. The number of anilines is 1. The third-order valence-corrected chi connectivity index (χ3v) is 6.95. The molecule has 0 radical (unpaired) electrons. The Bertz CT molecular complexity index is 1180. The Morgan fingerprint density at radius 1 is 0.968 bits per heavy atom. The predicted molar refractivity (Wildman–Crippen MR) is 120 cm³/mol. The molecule has 3 rings (SSSR count). The lowest BCUT2D eigenvalue weighted by Gasteiger charge is -2.22. The zero-order chi connectivity index (χ0) is 22.6. The van der Waals surface area contributed by atoms with Crippen molar-refractivity contribution in [2.45, 2.75) is 18.4 Å². The van der Waals surface area contributed by atoms with Crippen LogP contribution in [0.5, 0.6) is 0 Å². The summed E-state index contributed by atoms with van der Waals surface area (Å²) in [5, 5.41) is 2.96. The van der Waals surface area contributed by atoms with E-state index in [1.54, 1.807) is 36.4 Å². The van der Waals surface area contributed by atoms with Gasteiger partial charge in [-0.3, -0.25) is 4.79 Å². The second kappa shape index (κ2) is 9.78. The number of para-hydroxylation sites is 1. The average molecular weight is 481 g/mol. The monoisotopic (exact) mass is 480 g/mol. The first kappa shape index (κ1) is 23.2. The zero-order valence-electron chi connectivity index (χ0n) is 16.5. The van der Waals surface area contributed by atoms with Gasteiger partial charge in [0.25, 0.3) is 0 Å². The molecule has 0 heterocycles. The fraction of sp³-hybridized carbons (Fsp3) is 0.136. The summed E-state index contributed by atoms with van der Waals surface area (Å²) in [5.74, 6) is -1.23. The molecular weight excluding hydrogens is 462 g/mol. The van der Waals surface area contributed by atoms with Gasteiger partial charge in [-0.15, -0.1) is 0 Å². The molecule has 0 saturated heterocycles. The molecule has 0 fully saturated rings. The van der Waals surface area contributed by atoms with E-state index in [1.807, 2.05) is 6.92 Å². The van der Waals surface area contributed by atoms with Crippen molar-refractivity contribution < 1.29 is 17.6 Å². The Labute approximate surface area is 190 Å².